The van der Waals surface area contributed by atoms with Gasteiger partial charge < -0.3 is 4.84 Å². The first-order chi connectivity index (χ1) is 17.3. The van der Waals surface area contributed by atoms with Gasteiger partial charge in [-0.05, 0) is 58.3 Å². The van der Waals surface area contributed by atoms with Crippen LogP contribution >= 0.6 is 11.3 Å². The number of aryl methyl sites for hydroxylation is 1. The maximum absolute atomic E-state index is 12.5. The zero-order valence-electron chi connectivity index (χ0n) is 20.1. The van der Waals surface area contributed by atoms with Gasteiger partial charge in [0.05, 0.1) is 11.3 Å². The van der Waals surface area contributed by atoms with Crippen LogP contribution in [0.3, 0.4) is 0 Å². The number of thiophene rings is 1. The average Bonchev–Trinajstić information content (AvgIpc) is 3.44. The van der Waals surface area contributed by atoms with E-state index in [-0.39, 0.29) is 17.0 Å². The third-order valence-electron chi connectivity index (χ3n) is 6.68. The van der Waals surface area contributed by atoms with E-state index in [2.05, 4.69) is 25.1 Å². The Morgan fingerprint density at radius 2 is 1.72 bits per heavy atom. The number of fused-ring (bicyclic) bond motifs is 3. The molecule has 4 aromatic rings. The van der Waals surface area contributed by atoms with Gasteiger partial charge in [-0.15, -0.1) is 11.3 Å². The summed E-state index contributed by atoms with van der Waals surface area (Å²) in [6.45, 7) is 6.12. The molecular weight excluding hydrogens is 472 g/mol. The molecule has 0 radical (unpaired) electrons. The number of nitrogens with zero attached hydrogens (tertiary/aromatic N) is 2. The first-order valence-corrected chi connectivity index (χ1v) is 12.4. The molecule has 0 bridgehead atoms. The normalized spacial score (nSPS) is 13.7. The Balaban J connectivity index is 1.57. The third-order valence-corrected chi connectivity index (χ3v) is 7.56. The van der Waals surface area contributed by atoms with Gasteiger partial charge in [-0.2, -0.15) is 0 Å². The lowest BCUT2D eigenvalue weighted by atomic mass is 9.81. The molecule has 0 saturated carbocycles. The quantitative estimate of drug-likeness (QED) is 0.127. The number of rotatable bonds is 6. The molecule has 1 aliphatic rings. The fraction of sp³-hybridized carbons (Fsp3) is 0.172. The predicted octanol–water partition coefficient (Wildman–Crippen LogP) is 6.81. The Morgan fingerprint density at radius 1 is 1.00 bits per heavy atom. The van der Waals surface area contributed by atoms with Crippen molar-refractivity contribution in [3.05, 3.63) is 121 Å². The lowest BCUT2D eigenvalue weighted by Crippen LogP contribution is -2.16. The average molecular weight is 497 g/mol. The molecule has 0 amide bonds. The summed E-state index contributed by atoms with van der Waals surface area (Å²) in [5, 5.41) is 17.7. The number of non-ortho nitro benzene ring substituents is 1. The first kappa shape index (κ1) is 23.6. The molecule has 0 saturated heterocycles. The van der Waals surface area contributed by atoms with Gasteiger partial charge in [0, 0.05) is 33.6 Å². The van der Waals surface area contributed by atoms with E-state index in [4.69, 9.17) is 4.84 Å². The minimum Gasteiger partial charge on any atom is -0.317 e. The van der Waals surface area contributed by atoms with Crippen LogP contribution in [-0.4, -0.2) is 16.6 Å². The van der Waals surface area contributed by atoms with E-state index in [0.717, 1.165) is 43.8 Å². The monoisotopic (exact) mass is 496 g/mol. The molecule has 5 rings (SSSR count). The number of nitro groups is 1. The van der Waals surface area contributed by atoms with Gasteiger partial charge in [0.2, 0.25) is 0 Å². The summed E-state index contributed by atoms with van der Waals surface area (Å²) in [4.78, 5) is 29.9. The molecule has 1 heterocycles. The van der Waals surface area contributed by atoms with Crippen LogP contribution in [0.2, 0.25) is 0 Å². The van der Waals surface area contributed by atoms with Gasteiger partial charge >= 0.3 is 5.97 Å². The summed E-state index contributed by atoms with van der Waals surface area (Å²) < 4.78 is 0. The second kappa shape index (κ2) is 9.17. The van der Waals surface area contributed by atoms with Crippen LogP contribution in [-0.2, 0) is 21.5 Å². The van der Waals surface area contributed by atoms with Crippen molar-refractivity contribution in [1.29, 1.82) is 0 Å². The first-order valence-electron chi connectivity index (χ1n) is 11.6. The van der Waals surface area contributed by atoms with E-state index in [1.54, 1.807) is 12.1 Å². The second-order valence-corrected chi connectivity index (χ2v) is 10.4. The molecule has 0 N–H and O–H groups in total. The number of oxime groups is 1. The third kappa shape index (κ3) is 4.22. The minimum absolute atomic E-state index is 0.0784. The summed E-state index contributed by atoms with van der Waals surface area (Å²) >= 11 is 1.50. The molecule has 7 heteroatoms. The van der Waals surface area contributed by atoms with Crippen molar-refractivity contribution in [3.8, 4) is 11.1 Å². The highest BCUT2D eigenvalue weighted by molar-refractivity contribution is 7.10. The van der Waals surface area contributed by atoms with E-state index in [9.17, 15) is 14.9 Å². The number of hydrogen-bond donors (Lipinski definition) is 0. The van der Waals surface area contributed by atoms with Gasteiger partial charge in [0.1, 0.15) is 5.71 Å². The number of carbonyl (C=O) groups excluding carboxylic acids is 1. The zero-order valence-corrected chi connectivity index (χ0v) is 21.0. The Hall–Kier alpha value is -4.10. The van der Waals surface area contributed by atoms with Crippen LogP contribution in [0.4, 0.5) is 5.69 Å². The summed E-state index contributed by atoms with van der Waals surface area (Å²) in [5.41, 5.74) is 6.86. The molecule has 0 fully saturated rings. The maximum atomic E-state index is 12.5. The van der Waals surface area contributed by atoms with Gasteiger partial charge in [-0.25, -0.2) is 4.79 Å². The van der Waals surface area contributed by atoms with Crippen molar-refractivity contribution in [2.24, 2.45) is 5.16 Å². The van der Waals surface area contributed by atoms with Crippen molar-refractivity contribution < 1.29 is 14.6 Å². The molecule has 0 aliphatic heterocycles. The highest BCUT2D eigenvalue weighted by Gasteiger charge is 2.37. The molecule has 0 atom stereocenters. The molecule has 6 nitrogen and oxygen atoms in total. The van der Waals surface area contributed by atoms with Crippen molar-refractivity contribution >= 4 is 28.7 Å². The van der Waals surface area contributed by atoms with E-state index in [1.807, 2.05) is 66.9 Å². The molecule has 36 heavy (non-hydrogen) atoms. The van der Waals surface area contributed by atoms with Gasteiger partial charge in [-0.3, -0.25) is 10.1 Å². The van der Waals surface area contributed by atoms with Crippen molar-refractivity contribution in [2.45, 2.75) is 32.6 Å². The standard InChI is InChI=1S/C29H24N2O4S/c1-18-7-4-5-9-22(18)28(30-35-27(32)17-21-8-6-14-36-21)19-10-12-23-24-13-11-20(31(33)34)16-26(24)29(2,3)25(23)15-19/h4-16H,17H2,1-3H3/b30-28-. The van der Waals surface area contributed by atoms with Crippen LogP contribution in [0.5, 0.6) is 0 Å². The Bertz CT molecular complexity index is 1520. The van der Waals surface area contributed by atoms with Crippen molar-refractivity contribution in [2.75, 3.05) is 0 Å². The van der Waals surface area contributed by atoms with Crippen molar-refractivity contribution in [1.82, 2.24) is 0 Å². The fourth-order valence-corrected chi connectivity index (χ4v) is 5.46. The predicted molar refractivity (Wildman–Crippen MR) is 142 cm³/mol. The fourth-order valence-electron chi connectivity index (χ4n) is 4.77. The number of carbonyl (C=O) groups is 1. The largest absolute Gasteiger partial charge is 0.340 e. The summed E-state index contributed by atoms with van der Waals surface area (Å²) in [6, 6.07) is 22.7. The highest BCUT2D eigenvalue weighted by Crippen LogP contribution is 2.49. The molecular formula is C29H24N2O4S. The Labute approximate surface area is 213 Å². The van der Waals surface area contributed by atoms with E-state index in [1.165, 1.54) is 11.3 Å². The van der Waals surface area contributed by atoms with E-state index in [0.29, 0.717) is 5.71 Å². The molecule has 1 aromatic heterocycles. The lowest BCUT2D eigenvalue weighted by molar-refractivity contribution is -0.384. The van der Waals surface area contributed by atoms with Crippen LogP contribution < -0.4 is 0 Å². The van der Waals surface area contributed by atoms with Crippen molar-refractivity contribution in [3.63, 3.8) is 0 Å². The molecule has 180 valence electrons. The molecule has 0 unspecified atom stereocenters. The molecule has 1 aliphatic carbocycles. The van der Waals surface area contributed by atoms with Gasteiger partial charge in [0.15, 0.2) is 0 Å². The van der Waals surface area contributed by atoms with Gasteiger partial charge in [0.25, 0.3) is 5.69 Å². The van der Waals surface area contributed by atoms with Gasteiger partial charge in [-0.1, -0.05) is 61.5 Å². The molecule has 0 spiro atoms. The number of hydrogen-bond acceptors (Lipinski definition) is 6. The summed E-state index contributed by atoms with van der Waals surface area (Å²) in [5.74, 6) is -0.426. The van der Waals surface area contributed by atoms with Crippen LogP contribution in [0, 0.1) is 17.0 Å². The SMILES string of the molecule is Cc1ccccc1/C(=N\OC(=O)Cc1cccs1)c1ccc2c(c1)C(C)(C)c1cc([N+](=O)[O-])ccc1-2. The zero-order chi connectivity index (χ0) is 25.4. The smallest absolute Gasteiger partial charge is 0.317 e. The summed E-state index contributed by atoms with van der Waals surface area (Å²) in [6.07, 6.45) is 0.160. The topological polar surface area (TPSA) is 81.8 Å². The van der Waals surface area contributed by atoms with E-state index < -0.39 is 11.4 Å². The molecule has 3 aromatic carbocycles. The Kier molecular flexibility index (Phi) is 6.02. The van der Waals surface area contributed by atoms with Crippen LogP contribution in [0.25, 0.3) is 11.1 Å². The minimum atomic E-state index is -0.445. The van der Waals surface area contributed by atoms with Crippen LogP contribution in [0.15, 0.2) is 83.3 Å². The van der Waals surface area contributed by atoms with Crippen LogP contribution in [0.1, 0.15) is 46.5 Å². The van der Waals surface area contributed by atoms with E-state index >= 15 is 0 Å². The lowest BCUT2D eigenvalue weighted by Gasteiger charge is -2.22. The Morgan fingerprint density at radius 3 is 2.42 bits per heavy atom. The maximum Gasteiger partial charge on any atom is 0.340 e. The summed E-state index contributed by atoms with van der Waals surface area (Å²) in [7, 11) is 0. The number of nitro benzene ring substituents is 1. The number of benzene rings is 3. The highest BCUT2D eigenvalue weighted by atomic mass is 32.1. The second-order valence-electron chi connectivity index (χ2n) is 9.35.